The van der Waals surface area contributed by atoms with Crippen LogP contribution in [0.1, 0.15) is 23.6 Å². The summed E-state index contributed by atoms with van der Waals surface area (Å²) < 4.78 is 28.6. The molecule has 0 atom stereocenters. The first-order chi connectivity index (χ1) is 16.0. The van der Waals surface area contributed by atoms with Crippen LogP contribution in [0.15, 0.2) is 94.5 Å². The zero-order chi connectivity index (χ0) is 23.3. The van der Waals surface area contributed by atoms with E-state index in [1.165, 1.54) is 0 Å². The van der Waals surface area contributed by atoms with E-state index in [0.29, 0.717) is 17.7 Å². The highest BCUT2D eigenvalue weighted by Gasteiger charge is 2.19. The number of aryl methyl sites for hydroxylation is 1. The van der Waals surface area contributed by atoms with Crippen molar-refractivity contribution in [1.82, 2.24) is 0 Å². The molecule has 4 rings (SSSR count). The van der Waals surface area contributed by atoms with Crippen molar-refractivity contribution in [3.63, 3.8) is 0 Å². The molecule has 0 aliphatic carbocycles. The highest BCUT2D eigenvalue weighted by molar-refractivity contribution is 7.92. The number of carbonyl (C=O) groups excluding carboxylic acids is 1. The fourth-order valence-corrected chi connectivity index (χ4v) is 5.63. The van der Waals surface area contributed by atoms with Crippen LogP contribution in [-0.4, -0.2) is 14.2 Å². The largest absolute Gasteiger partial charge is 0.299 e. The normalized spacial score (nSPS) is 11.3. The summed E-state index contributed by atoms with van der Waals surface area (Å²) in [5.74, 6) is 0.0537. The number of hydrogen-bond acceptors (Lipinski definition) is 4. The first kappa shape index (κ1) is 23.0. The maximum absolute atomic E-state index is 13.1. The Morgan fingerprint density at radius 2 is 1.55 bits per heavy atom. The lowest BCUT2D eigenvalue weighted by molar-refractivity contribution is -0.117. The number of Topliss-reactive ketones (excluding diaryl/α,β-unsaturated/α-hetero) is 1. The Labute approximate surface area is 199 Å². The Balaban J connectivity index is 1.65. The zero-order valence-corrected chi connectivity index (χ0v) is 20.0. The molecule has 0 saturated carbocycles. The molecule has 0 spiro atoms. The van der Waals surface area contributed by atoms with E-state index in [0.717, 1.165) is 28.7 Å². The number of para-hydroxylation sites is 1. The van der Waals surface area contributed by atoms with Crippen LogP contribution in [0, 0.1) is 0 Å². The van der Waals surface area contributed by atoms with Gasteiger partial charge in [0.2, 0.25) is 0 Å². The SMILES string of the molecule is CCc1ccccc1CC(=O)Cc1cc(S(=O)(=O)Nc2ccccc2)ccc1-c1ccsc1. The Hall–Kier alpha value is -3.22. The van der Waals surface area contributed by atoms with Gasteiger partial charge in [-0.3, -0.25) is 9.52 Å². The predicted molar refractivity (Wildman–Crippen MR) is 135 cm³/mol. The Kier molecular flexibility index (Phi) is 7.06. The minimum Gasteiger partial charge on any atom is -0.299 e. The smallest absolute Gasteiger partial charge is 0.261 e. The summed E-state index contributed by atoms with van der Waals surface area (Å²) in [6, 6.07) is 23.7. The number of ketones is 1. The van der Waals surface area contributed by atoms with E-state index in [-0.39, 0.29) is 17.1 Å². The summed E-state index contributed by atoms with van der Waals surface area (Å²) in [5.41, 5.74) is 5.25. The van der Waals surface area contributed by atoms with Gasteiger partial charge in [0.25, 0.3) is 10.0 Å². The van der Waals surface area contributed by atoms with Crippen LogP contribution in [0.2, 0.25) is 0 Å². The molecule has 1 aromatic heterocycles. The number of nitrogens with one attached hydrogen (secondary N) is 1. The number of carbonyl (C=O) groups is 1. The molecule has 4 nitrogen and oxygen atoms in total. The molecule has 0 radical (unpaired) electrons. The van der Waals surface area contributed by atoms with E-state index in [2.05, 4.69) is 11.6 Å². The number of thiophene rings is 1. The van der Waals surface area contributed by atoms with E-state index >= 15 is 0 Å². The third kappa shape index (κ3) is 5.59. The van der Waals surface area contributed by atoms with E-state index in [9.17, 15) is 13.2 Å². The maximum Gasteiger partial charge on any atom is 0.261 e. The van der Waals surface area contributed by atoms with Crippen molar-refractivity contribution in [1.29, 1.82) is 0 Å². The van der Waals surface area contributed by atoms with Gasteiger partial charge >= 0.3 is 0 Å². The molecule has 0 aliphatic heterocycles. The third-order valence-electron chi connectivity index (χ3n) is 5.52. The highest BCUT2D eigenvalue weighted by atomic mass is 32.2. The van der Waals surface area contributed by atoms with Crippen LogP contribution >= 0.6 is 11.3 Å². The molecule has 6 heteroatoms. The molecule has 168 valence electrons. The minimum atomic E-state index is -3.79. The van der Waals surface area contributed by atoms with Gasteiger partial charge in [0, 0.05) is 18.5 Å². The van der Waals surface area contributed by atoms with Gasteiger partial charge in [0.05, 0.1) is 4.90 Å². The Morgan fingerprint density at radius 1 is 0.848 bits per heavy atom. The highest BCUT2D eigenvalue weighted by Crippen LogP contribution is 2.29. The summed E-state index contributed by atoms with van der Waals surface area (Å²) in [6.45, 7) is 2.08. The molecule has 33 heavy (non-hydrogen) atoms. The zero-order valence-electron chi connectivity index (χ0n) is 18.3. The molecule has 1 N–H and O–H groups in total. The number of rotatable bonds is 9. The first-order valence-corrected chi connectivity index (χ1v) is 13.2. The lowest BCUT2D eigenvalue weighted by Gasteiger charge is -2.13. The average Bonchev–Trinajstić information content (AvgIpc) is 3.34. The van der Waals surface area contributed by atoms with Gasteiger partial charge in [-0.25, -0.2) is 8.42 Å². The van der Waals surface area contributed by atoms with Crippen LogP contribution < -0.4 is 4.72 Å². The van der Waals surface area contributed by atoms with Gasteiger partial charge in [-0.15, -0.1) is 0 Å². The predicted octanol–water partition coefficient (Wildman–Crippen LogP) is 6.13. The van der Waals surface area contributed by atoms with Crippen molar-refractivity contribution in [3.8, 4) is 11.1 Å². The van der Waals surface area contributed by atoms with Crippen LogP contribution in [0.3, 0.4) is 0 Å². The Bertz CT molecular complexity index is 1350. The van der Waals surface area contributed by atoms with Gasteiger partial charge in [0.1, 0.15) is 5.78 Å². The molecule has 4 aromatic rings. The fraction of sp³-hybridized carbons (Fsp3) is 0.148. The summed E-state index contributed by atoms with van der Waals surface area (Å²) in [5, 5.41) is 3.98. The lowest BCUT2D eigenvalue weighted by atomic mass is 9.94. The van der Waals surface area contributed by atoms with Crippen LogP contribution in [0.4, 0.5) is 5.69 Å². The van der Waals surface area contributed by atoms with E-state index in [1.54, 1.807) is 53.8 Å². The van der Waals surface area contributed by atoms with Crippen molar-refractivity contribution in [3.05, 3.63) is 106 Å². The van der Waals surface area contributed by atoms with Crippen LogP contribution in [0.5, 0.6) is 0 Å². The monoisotopic (exact) mass is 475 g/mol. The van der Waals surface area contributed by atoms with Crippen LogP contribution in [0.25, 0.3) is 11.1 Å². The maximum atomic E-state index is 13.1. The molecule has 0 saturated heterocycles. The summed E-state index contributed by atoms with van der Waals surface area (Å²) >= 11 is 1.57. The topological polar surface area (TPSA) is 63.2 Å². The fourth-order valence-electron chi connectivity index (χ4n) is 3.87. The second-order valence-electron chi connectivity index (χ2n) is 7.82. The molecule has 0 bridgehead atoms. The molecule has 1 heterocycles. The molecule has 3 aromatic carbocycles. The minimum absolute atomic E-state index is 0.0537. The number of sulfonamides is 1. The molecule has 0 fully saturated rings. The number of benzene rings is 3. The van der Waals surface area contributed by atoms with Gasteiger partial charge < -0.3 is 0 Å². The van der Waals surface area contributed by atoms with Crippen molar-refractivity contribution in [2.45, 2.75) is 31.1 Å². The molecule has 0 unspecified atom stereocenters. The molecule has 0 aliphatic rings. The van der Waals surface area contributed by atoms with Gasteiger partial charge in [-0.1, -0.05) is 55.5 Å². The van der Waals surface area contributed by atoms with Gasteiger partial charge in [0.15, 0.2) is 0 Å². The second kappa shape index (κ2) is 10.1. The van der Waals surface area contributed by atoms with E-state index in [4.69, 9.17) is 0 Å². The van der Waals surface area contributed by atoms with E-state index < -0.39 is 10.0 Å². The average molecular weight is 476 g/mol. The summed E-state index contributed by atoms with van der Waals surface area (Å²) in [4.78, 5) is 13.2. The standard InChI is InChI=1S/C27H25NO3S2/c1-2-20-8-6-7-9-21(20)16-25(29)17-23-18-26(12-13-27(23)22-14-15-32-19-22)33(30,31)28-24-10-4-3-5-11-24/h3-15,18-19,28H,2,16-17H2,1H3. The van der Waals surface area contributed by atoms with Crippen molar-refractivity contribution in [2.24, 2.45) is 0 Å². The first-order valence-electron chi connectivity index (χ1n) is 10.8. The Morgan fingerprint density at radius 3 is 2.24 bits per heavy atom. The van der Waals surface area contributed by atoms with Gasteiger partial charge in [-0.05, 0) is 75.3 Å². The lowest BCUT2D eigenvalue weighted by Crippen LogP contribution is -2.14. The van der Waals surface area contributed by atoms with Crippen LogP contribution in [-0.2, 0) is 34.1 Å². The van der Waals surface area contributed by atoms with Crippen molar-refractivity contribution < 1.29 is 13.2 Å². The molecule has 0 amide bonds. The second-order valence-corrected chi connectivity index (χ2v) is 10.3. The van der Waals surface area contributed by atoms with Gasteiger partial charge in [-0.2, -0.15) is 11.3 Å². The third-order valence-corrected chi connectivity index (χ3v) is 7.58. The number of anilines is 1. The van der Waals surface area contributed by atoms with E-state index in [1.807, 2.05) is 47.2 Å². The molecular formula is C27H25NO3S2. The quantitative estimate of drug-likeness (QED) is 0.317. The summed E-state index contributed by atoms with van der Waals surface area (Å²) in [6.07, 6.45) is 1.35. The molecular weight excluding hydrogens is 450 g/mol. The summed E-state index contributed by atoms with van der Waals surface area (Å²) in [7, 11) is -3.79. The van der Waals surface area contributed by atoms with Crippen molar-refractivity contribution >= 4 is 32.8 Å². The number of hydrogen-bond donors (Lipinski definition) is 1. The van der Waals surface area contributed by atoms with Crippen molar-refractivity contribution in [2.75, 3.05) is 4.72 Å².